The van der Waals surface area contributed by atoms with Gasteiger partial charge in [-0.3, -0.25) is 0 Å². The molecule has 0 amide bonds. The van der Waals surface area contributed by atoms with E-state index >= 15 is 0 Å². The molecule has 0 saturated heterocycles. The number of benzene rings is 1. The standard InChI is InChI=1S/C20H28Br2ClNO3/c1-14(2)17-12-16(25-11-8-19(21)22)13-18(23)20(17)26-9-6-5-7-10-27-24-15(3)4/h8,12-14H,5-7,9-11H2,1-4H3. The Hall–Kier alpha value is -0.720. The molecule has 0 radical (unpaired) electrons. The molecule has 152 valence electrons. The average Bonchev–Trinajstić information content (AvgIpc) is 2.57. The van der Waals surface area contributed by atoms with Crippen LogP contribution in [0, 0.1) is 0 Å². The summed E-state index contributed by atoms with van der Waals surface area (Å²) in [6.45, 7) is 9.76. The van der Waals surface area contributed by atoms with Gasteiger partial charge in [0, 0.05) is 11.6 Å². The number of halogens is 3. The molecular formula is C20H28Br2ClNO3. The van der Waals surface area contributed by atoms with Gasteiger partial charge in [-0.2, -0.15) is 0 Å². The quantitative estimate of drug-likeness (QED) is 0.162. The summed E-state index contributed by atoms with van der Waals surface area (Å²) >= 11 is 13.1. The minimum absolute atomic E-state index is 0.281. The number of nitrogens with zero attached hydrogens (tertiary/aromatic N) is 1. The number of hydrogen-bond donors (Lipinski definition) is 0. The highest BCUT2D eigenvalue weighted by Crippen LogP contribution is 2.37. The Bertz CT molecular complexity index is 640. The molecule has 1 rings (SSSR count). The van der Waals surface area contributed by atoms with Gasteiger partial charge in [-0.1, -0.05) is 30.6 Å². The fraction of sp³-hybridized carbons (Fsp3) is 0.550. The summed E-state index contributed by atoms with van der Waals surface area (Å²) < 4.78 is 12.6. The summed E-state index contributed by atoms with van der Waals surface area (Å²) in [6, 6.07) is 3.80. The van der Waals surface area contributed by atoms with Crippen LogP contribution in [0.15, 0.2) is 26.8 Å². The number of rotatable bonds is 12. The second-order valence-electron chi connectivity index (χ2n) is 6.56. The van der Waals surface area contributed by atoms with Gasteiger partial charge < -0.3 is 14.3 Å². The molecule has 0 atom stereocenters. The van der Waals surface area contributed by atoms with E-state index < -0.39 is 0 Å². The van der Waals surface area contributed by atoms with Gasteiger partial charge in [0.1, 0.15) is 24.7 Å². The summed E-state index contributed by atoms with van der Waals surface area (Å²) in [5, 5.41) is 4.50. The van der Waals surface area contributed by atoms with E-state index in [0.29, 0.717) is 24.8 Å². The Kier molecular flexibility index (Phi) is 12.1. The Morgan fingerprint density at radius 3 is 2.44 bits per heavy atom. The second-order valence-corrected chi connectivity index (χ2v) is 9.74. The van der Waals surface area contributed by atoms with E-state index in [9.17, 15) is 0 Å². The Balaban J connectivity index is 2.56. The van der Waals surface area contributed by atoms with Gasteiger partial charge in [0.25, 0.3) is 0 Å². The van der Waals surface area contributed by atoms with Gasteiger partial charge in [-0.25, -0.2) is 0 Å². The molecule has 0 aliphatic rings. The van der Waals surface area contributed by atoms with Crippen LogP contribution in [0.25, 0.3) is 0 Å². The minimum Gasteiger partial charge on any atom is -0.492 e. The maximum absolute atomic E-state index is 6.46. The normalized spacial score (nSPS) is 10.5. The van der Waals surface area contributed by atoms with Crippen LogP contribution < -0.4 is 9.47 Å². The number of ether oxygens (including phenoxy) is 2. The lowest BCUT2D eigenvalue weighted by Crippen LogP contribution is -2.04. The van der Waals surface area contributed by atoms with Crippen LogP contribution in [0.3, 0.4) is 0 Å². The predicted molar refractivity (Wildman–Crippen MR) is 121 cm³/mol. The average molecular weight is 526 g/mol. The highest BCUT2D eigenvalue weighted by Gasteiger charge is 2.15. The first-order valence-electron chi connectivity index (χ1n) is 9.04. The van der Waals surface area contributed by atoms with Gasteiger partial charge >= 0.3 is 0 Å². The van der Waals surface area contributed by atoms with E-state index in [1.54, 1.807) is 6.07 Å². The van der Waals surface area contributed by atoms with E-state index in [2.05, 4.69) is 50.9 Å². The second kappa shape index (κ2) is 13.5. The molecule has 4 nitrogen and oxygen atoms in total. The Morgan fingerprint density at radius 1 is 1.11 bits per heavy atom. The summed E-state index contributed by atoms with van der Waals surface area (Å²) in [5.74, 6) is 1.76. The first-order valence-corrected chi connectivity index (χ1v) is 11.0. The number of hydrogen-bond acceptors (Lipinski definition) is 4. The van der Waals surface area contributed by atoms with Crippen molar-refractivity contribution in [1.82, 2.24) is 0 Å². The van der Waals surface area contributed by atoms with E-state index in [1.807, 2.05) is 26.0 Å². The van der Waals surface area contributed by atoms with Crippen molar-refractivity contribution >= 4 is 49.2 Å². The number of oxime groups is 1. The third-order valence-corrected chi connectivity index (χ3v) is 4.46. The molecule has 0 bridgehead atoms. The largest absolute Gasteiger partial charge is 0.492 e. The van der Waals surface area contributed by atoms with Crippen LogP contribution in [0.4, 0.5) is 0 Å². The van der Waals surface area contributed by atoms with Crippen LogP contribution in [0.2, 0.25) is 5.02 Å². The van der Waals surface area contributed by atoms with Crippen LogP contribution in [-0.2, 0) is 4.84 Å². The molecule has 0 aliphatic heterocycles. The molecule has 0 aromatic heterocycles. The Labute approximate surface area is 184 Å². The molecule has 0 spiro atoms. The lowest BCUT2D eigenvalue weighted by Gasteiger charge is -2.17. The minimum atomic E-state index is 0.281. The first-order chi connectivity index (χ1) is 12.8. The third-order valence-electron chi connectivity index (χ3n) is 3.53. The Morgan fingerprint density at radius 2 is 1.81 bits per heavy atom. The zero-order valence-corrected chi connectivity index (χ0v) is 20.3. The van der Waals surface area contributed by atoms with Crippen LogP contribution in [0.1, 0.15) is 58.4 Å². The molecule has 0 heterocycles. The zero-order chi connectivity index (χ0) is 20.2. The number of unbranched alkanes of at least 4 members (excludes halogenated alkanes) is 2. The van der Waals surface area contributed by atoms with Crippen molar-refractivity contribution in [2.24, 2.45) is 5.16 Å². The van der Waals surface area contributed by atoms with E-state index in [4.69, 9.17) is 25.9 Å². The monoisotopic (exact) mass is 523 g/mol. The van der Waals surface area contributed by atoms with Crippen LogP contribution >= 0.6 is 43.5 Å². The van der Waals surface area contributed by atoms with Crippen molar-refractivity contribution in [3.63, 3.8) is 0 Å². The van der Waals surface area contributed by atoms with Crippen molar-refractivity contribution in [2.45, 2.75) is 52.9 Å². The SMILES string of the molecule is CC(C)=NOCCCCCOc1c(Cl)cc(OCC=C(Br)Br)cc1C(C)C. The highest BCUT2D eigenvalue weighted by atomic mass is 79.9. The van der Waals surface area contributed by atoms with Gasteiger partial charge in [0.2, 0.25) is 0 Å². The smallest absolute Gasteiger partial charge is 0.141 e. The maximum atomic E-state index is 6.46. The highest BCUT2D eigenvalue weighted by molar-refractivity contribution is 9.28. The third kappa shape index (κ3) is 10.4. The summed E-state index contributed by atoms with van der Waals surface area (Å²) in [7, 11) is 0. The van der Waals surface area contributed by atoms with Gasteiger partial charge in [-0.15, -0.1) is 0 Å². The van der Waals surface area contributed by atoms with E-state index in [-0.39, 0.29) is 5.92 Å². The van der Waals surface area contributed by atoms with E-state index in [0.717, 1.165) is 45.4 Å². The van der Waals surface area contributed by atoms with Crippen LogP contribution in [-0.4, -0.2) is 25.5 Å². The van der Waals surface area contributed by atoms with Gasteiger partial charge in [0.15, 0.2) is 0 Å². The zero-order valence-electron chi connectivity index (χ0n) is 16.4. The molecule has 1 aromatic carbocycles. The molecule has 1 aromatic rings. The van der Waals surface area contributed by atoms with Crippen LogP contribution in [0.5, 0.6) is 11.5 Å². The molecule has 0 fully saturated rings. The lowest BCUT2D eigenvalue weighted by molar-refractivity contribution is 0.138. The molecule has 27 heavy (non-hydrogen) atoms. The predicted octanol–water partition coefficient (Wildman–Crippen LogP) is 7.43. The lowest BCUT2D eigenvalue weighted by atomic mass is 10.0. The molecule has 0 aliphatic carbocycles. The summed E-state index contributed by atoms with van der Waals surface area (Å²) in [5.41, 5.74) is 1.98. The van der Waals surface area contributed by atoms with E-state index in [1.165, 1.54) is 0 Å². The molecule has 0 unspecified atom stereocenters. The van der Waals surface area contributed by atoms with Crippen molar-refractivity contribution < 1.29 is 14.3 Å². The fourth-order valence-corrected chi connectivity index (χ4v) is 2.78. The topological polar surface area (TPSA) is 40.0 Å². The van der Waals surface area contributed by atoms with Gasteiger partial charge in [-0.05, 0) is 83.0 Å². The van der Waals surface area contributed by atoms with Crippen molar-refractivity contribution in [3.05, 3.63) is 32.2 Å². The summed E-state index contributed by atoms with van der Waals surface area (Å²) in [6.07, 6.45) is 4.79. The molecule has 7 heteroatoms. The molecule has 0 saturated carbocycles. The van der Waals surface area contributed by atoms with Crippen molar-refractivity contribution in [3.8, 4) is 11.5 Å². The maximum Gasteiger partial charge on any atom is 0.141 e. The van der Waals surface area contributed by atoms with Crippen molar-refractivity contribution in [1.29, 1.82) is 0 Å². The molecular weight excluding hydrogens is 497 g/mol. The van der Waals surface area contributed by atoms with Gasteiger partial charge in [0.05, 0.1) is 20.7 Å². The molecule has 0 N–H and O–H groups in total. The van der Waals surface area contributed by atoms with Crippen molar-refractivity contribution in [2.75, 3.05) is 19.8 Å². The summed E-state index contributed by atoms with van der Waals surface area (Å²) in [4.78, 5) is 5.19. The fourth-order valence-electron chi connectivity index (χ4n) is 2.25. The first kappa shape index (κ1) is 24.3.